The number of halogens is 3. The minimum atomic E-state index is -1.20. The van der Waals surface area contributed by atoms with Gasteiger partial charge in [0.15, 0.2) is 11.6 Å². The number of carbonyl (C=O) groups is 1. The molecule has 0 saturated carbocycles. The Morgan fingerprint density at radius 2 is 1.95 bits per heavy atom. The van der Waals surface area contributed by atoms with E-state index in [2.05, 4.69) is 5.32 Å². The fourth-order valence-electron chi connectivity index (χ4n) is 1.82. The summed E-state index contributed by atoms with van der Waals surface area (Å²) in [6, 6.07) is 6.07. The number of aromatic carboxylic acids is 1. The molecular formula is C14H11ClF2N2O2. The lowest BCUT2D eigenvalue weighted by atomic mass is 10.1. The average molecular weight is 313 g/mol. The zero-order valence-electron chi connectivity index (χ0n) is 10.7. The zero-order valence-corrected chi connectivity index (χ0v) is 11.4. The van der Waals surface area contributed by atoms with Crippen molar-refractivity contribution in [1.82, 2.24) is 0 Å². The normalized spacial score (nSPS) is 10.4. The Morgan fingerprint density at radius 3 is 2.57 bits per heavy atom. The summed E-state index contributed by atoms with van der Waals surface area (Å²) in [6.45, 7) is 0.0844. The van der Waals surface area contributed by atoms with Gasteiger partial charge in [0.05, 0.1) is 16.3 Å². The number of anilines is 2. The summed E-state index contributed by atoms with van der Waals surface area (Å²) < 4.78 is 25.9. The van der Waals surface area contributed by atoms with Crippen LogP contribution in [0.2, 0.25) is 5.02 Å². The largest absolute Gasteiger partial charge is 0.478 e. The molecule has 0 aliphatic rings. The van der Waals surface area contributed by atoms with Gasteiger partial charge in [-0.05, 0) is 29.8 Å². The van der Waals surface area contributed by atoms with Crippen LogP contribution in [-0.4, -0.2) is 11.1 Å². The molecule has 7 heteroatoms. The van der Waals surface area contributed by atoms with Crippen molar-refractivity contribution >= 4 is 28.9 Å². The highest BCUT2D eigenvalue weighted by atomic mass is 35.5. The van der Waals surface area contributed by atoms with Crippen LogP contribution in [0.5, 0.6) is 0 Å². The molecule has 2 aromatic carbocycles. The quantitative estimate of drug-likeness (QED) is 0.755. The maximum absolute atomic E-state index is 13.1. The van der Waals surface area contributed by atoms with E-state index in [9.17, 15) is 13.6 Å². The molecule has 21 heavy (non-hydrogen) atoms. The molecule has 0 aliphatic carbocycles. The number of nitrogens with one attached hydrogen (secondary N) is 1. The molecule has 0 heterocycles. The molecule has 0 radical (unpaired) electrons. The van der Waals surface area contributed by atoms with E-state index in [1.807, 2.05) is 0 Å². The van der Waals surface area contributed by atoms with Gasteiger partial charge in [0, 0.05) is 12.2 Å². The molecule has 0 atom stereocenters. The van der Waals surface area contributed by atoms with E-state index in [0.717, 1.165) is 12.1 Å². The third kappa shape index (κ3) is 3.41. The van der Waals surface area contributed by atoms with Crippen molar-refractivity contribution in [2.75, 3.05) is 11.1 Å². The van der Waals surface area contributed by atoms with E-state index in [0.29, 0.717) is 5.56 Å². The molecule has 0 saturated heterocycles. The molecule has 4 nitrogen and oxygen atoms in total. The zero-order chi connectivity index (χ0) is 15.6. The number of carboxylic acids is 1. The van der Waals surface area contributed by atoms with Gasteiger partial charge in [-0.1, -0.05) is 17.7 Å². The van der Waals surface area contributed by atoms with Crippen molar-refractivity contribution in [2.24, 2.45) is 0 Å². The minimum Gasteiger partial charge on any atom is -0.478 e. The van der Waals surface area contributed by atoms with Gasteiger partial charge < -0.3 is 16.2 Å². The van der Waals surface area contributed by atoms with Gasteiger partial charge in [-0.15, -0.1) is 0 Å². The van der Waals surface area contributed by atoms with E-state index in [-0.39, 0.29) is 28.5 Å². The second-order valence-electron chi connectivity index (χ2n) is 4.33. The first-order chi connectivity index (χ1) is 9.88. The molecule has 0 unspecified atom stereocenters. The molecule has 0 bridgehead atoms. The Kier molecular flexibility index (Phi) is 4.28. The maximum Gasteiger partial charge on any atom is 0.337 e. The molecule has 0 amide bonds. The summed E-state index contributed by atoms with van der Waals surface area (Å²) in [7, 11) is 0. The Morgan fingerprint density at radius 1 is 1.24 bits per heavy atom. The molecule has 4 N–H and O–H groups in total. The van der Waals surface area contributed by atoms with Crippen LogP contribution in [0.3, 0.4) is 0 Å². The van der Waals surface area contributed by atoms with Crippen LogP contribution in [-0.2, 0) is 6.54 Å². The number of nitrogens with two attached hydrogens (primary N) is 1. The smallest absolute Gasteiger partial charge is 0.337 e. The first-order valence-corrected chi connectivity index (χ1v) is 6.26. The van der Waals surface area contributed by atoms with E-state index in [1.165, 1.54) is 18.2 Å². The van der Waals surface area contributed by atoms with Crippen LogP contribution in [0.4, 0.5) is 20.2 Å². The maximum atomic E-state index is 13.1. The van der Waals surface area contributed by atoms with Crippen LogP contribution in [0, 0.1) is 11.6 Å². The SMILES string of the molecule is Nc1cc(Cl)c(NCc2ccc(F)c(F)c2)c(C(=O)O)c1. The highest BCUT2D eigenvalue weighted by Crippen LogP contribution is 2.29. The number of nitrogen functional groups attached to an aromatic ring is 1. The summed E-state index contributed by atoms with van der Waals surface area (Å²) in [6.07, 6.45) is 0. The summed E-state index contributed by atoms with van der Waals surface area (Å²) in [4.78, 5) is 11.2. The van der Waals surface area contributed by atoms with Crippen molar-refractivity contribution < 1.29 is 18.7 Å². The Balaban J connectivity index is 2.27. The van der Waals surface area contributed by atoms with Crippen molar-refractivity contribution in [2.45, 2.75) is 6.54 Å². The highest BCUT2D eigenvalue weighted by molar-refractivity contribution is 6.34. The molecule has 0 aromatic heterocycles. The van der Waals surface area contributed by atoms with Gasteiger partial charge in [0.2, 0.25) is 0 Å². The second-order valence-corrected chi connectivity index (χ2v) is 4.74. The van der Waals surface area contributed by atoms with E-state index in [4.69, 9.17) is 22.4 Å². The number of carboxylic acid groups (broad SMARTS) is 1. The fourth-order valence-corrected chi connectivity index (χ4v) is 2.11. The van der Waals surface area contributed by atoms with Crippen LogP contribution in [0.1, 0.15) is 15.9 Å². The summed E-state index contributed by atoms with van der Waals surface area (Å²) >= 11 is 5.96. The van der Waals surface area contributed by atoms with E-state index in [1.54, 1.807) is 0 Å². The van der Waals surface area contributed by atoms with Gasteiger partial charge in [0.1, 0.15) is 0 Å². The van der Waals surface area contributed by atoms with Gasteiger partial charge in [0.25, 0.3) is 0 Å². The van der Waals surface area contributed by atoms with Gasteiger partial charge >= 0.3 is 5.97 Å². The van der Waals surface area contributed by atoms with Crippen LogP contribution < -0.4 is 11.1 Å². The Labute approximate surface area is 124 Å². The molecular weight excluding hydrogens is 302 g/mol. The molecule has 2 aromatic rings. The number of hydrogen-bond acceptors (Lipinski definition) is 3. The number of rotatable bonds is 4. The lowest BCUT2D eigenvalue weighted by molar-refractivity contribution is 0.0698. The van der Waals surface area contributed by atoms with Crippen LogP contribution in [0.15, 0.2) is 30.3 Å². The summed E-state index contributed by atoms with van der Waals surface area (Å²) in [5.74, 6) is -3.12. The van der Waals surface area contributed by atoms with Gasteiger partial charge in [-0.3, -0.25) is 0 Å². The van der Waals surface area contributed by atoms with E-state index < -0.39 is 17.6 Å². The Hall–Kier alpha value is -2.34. The minimum absolute atomic E-state index is 0.0844. The number of hydrogen-bond donors (Lipinski definition) is 3. The predicted octanol–water partition coefficient (Wildman–Crippen LogP) is 3.51. The van der Waals surface area contributed by atoms with Crippen molar-refractivity contribution in [3.63, 3.8) is 0 Å². The highest BCUT2D eigenvalue weighted by Gasteiger charge is 2.15. The topological polar surface area (TPSA) is 75.3 Å². The van der Waals surface area contributed by atoms with E-state index >= 15 is 0 Å². The fraction of sp³-hybridized carbons (Fsp3) is 0.0714. The Bertz CT molecular complexity index is 708. The standard InChI is InChI=1S/C14H11ClF2N2O2/c15-10-5-8(18)4-9(14(20)21)13(10)19-6-7-1-2-11(16)12(17)3-7/h1-5,19H,6,18H2,(H,20,21). The molecule has 0 fully saturated rings. The second kappa shape index (κ2) is 5.97. The molecule has 110 valence electrons. The van der Waals surface area contributed by atoms with Gasteiger partial charge in [-0.2, -0.15) is 0 Å². The lowest BCUT2D eigenvalue weighted by Crippen LogP contribution is -2.08. The average Bonchev–Trinajstić information content (AvgIpc) is 2.40. The third-order valence-corrected chi connectivity index (χ3v) is 3.09. The van der Waals surface area contributed by atoms with Crippen molar-refractivity contribution in [1.29, 1.82) is 0 Å². The third-order valence-electron chi connectivity index (χ3n) is 2.80. The molecule has 2 rings (SSSR count). The van der Waals surface area contributed by atoms with Crippen LogP contribution >= 0.6 is 11.6 Å². The monoisotopic (exact) mass is 312 g/mol. The molecule has 0 aliphatic heterocycles. The predicted molar refractivity (Wildman–Crippen MR) is 76.5 cm³/mol. The van der Waals surface area contributed by atoms with Gasteiger partial charge in [-0.25, -0.2) is 13.6 Å². The summed E-state index contributed by atoms with van der Waals surface area (Å²) in [5.41, 5.74) is 6.28. The lowest BCUT2D eigenvalue weighted by Gasteiger charge is -2.12. The first kappa shape index (κ1) is 15.1. The summed E-state index contributed by atoms with van der Waals surface area (Å²) in [5, 5.41) is 12.1. The van der Waals surface area contributed by atoms with Crippen LogP contribution in [0.25, 0.3) is 0 Å². The number of benzene rings is 2. The van der Waals surface area contributed by atoms with Crippen molar-refractivity contribution in [3.8, 4) is 0 Å². The van der Waals surface area contributed by atoms with Crippen molar-refractivity contribution in [3.05, 3.63) is 58.1 Å². The molecule has 0 spiro atoms. The first-order valence-electron chi connectivity index (χ1n) is 5.88.